The molecule has 1 aliphatic carbocycles. The molecule has 2 aliphatic rings. The molecule has 0 bridgehead atoms. The summed E-state index contributed by atoms with van der Waals surface area (Å²) >= 11 is 0. The molecule has 8 aromatic carbocycles. The lowest BCUT2D eigenvalue weighted by atomic mass is 9.66. The van der Waals surface area contributed by atoms with Crippen molar-refractivity contribution in [2.24, 2.45) is 0 Å². The van der Waals surface area contributed by atoms with Crippen LogP contribution in [0.1, 0.15) is 22.3 Å². The smallest absolute Gasteiger partial charge is 0.235 e. The van der Waals surface area contributed by atoms with Crippen molar-refractivity contribution in [2.45, 2.75) is 5.41 Å². The van der Waals surface area contributed by atoms with Gasteiger partial charge >= 0.3 is 0 Å². The van der Waals surface area contributed by atoms with Crippen molar-refractivity contribution in [1.82, 2.24) is 14.5 Å². The standard InChI is InChI=1S/C49H29N3O/c1-2-15-31(16-3-1)46-35-20-8-12-24-40(35)50-48(51-46)52-41-28-26-30-14-4-5-17-32(30)44(41)45-42(52)29-27-39-47(45)53-43-25-13-11-23-38(43)49(39)36-21-9-6-18-33(36)34-19-7-10-22-37(34)49/h1-29H. The van der Waals surface area contributed by atoms with Crippen LogP contribution in [0.2, 0.25) is 0 Å². The highest BCUT2D eigenvalue weighted by molar-refractivity contribution is 6.23. The van der Waals surface area contributed by atoms with E-state index >= 15 is 0 Å². The lowest BCUT2D eigenvalue weighted by Crippen LogP contribution is -2.32. The molecule has 4 nitrogen and oxygen atoms in total. The number of benzene rings is 8. The van der Waals surface area contributed by atoms with Gasteiger partial charge in [-0.1, -0.05) is 152 Å². The summed E-state index contributed by atoms with van der Waals surface area (Å²) in [4.78, 5) is 10.7. The van der Waals surface area contributed by atoms with Gasteiger partial charge in [0.15, 0.2) is 0 Å². The zero-order valence-corrected chi connectivity index (χ0v) is 28.5. The van der Waals surface area contributed by atoms with Crippen LogP contribution < -0.4 is 4.74 Å². The fraction of sp³-hybridized carbons (Fsp3) is 0.0204. The molecule has 0 N–H and O–H groups in total. The Balaban J connectivity index is 1.26. The molecule has 4 heteroatoms. The Morgan fingerprint density at radius 1 is 0.453 bits per heavy atom. The highest BCUT2D eigenvalue weighted by atomic mass is 16.5. The predicted molar refractivity (Wildman–Crippen MR) is 214 cm³/mol. The monoisotopic (exact) mass is 675 g/mol. The molecule has 2 aromatic heterocycles. The van der Waals surface area contributed by atoms with Gasteiger partial charge in [-0.2, -0.15) is 0 Å². The van der Waals surface area contributed by atoms with E-state index < -0.39 is 5.41 Å². The lowest BCUT2D eigenvalue weighted by molar-refractivity contribution is 0.442. The van der Waals surface area contributed by atoms with Gasteiger partial charge in [-0.25, -0.2) is 9.97 Å². The highest BCUT2D eigenvalue weighted by Gasteiger charge is 2.51. The summed E-state index contributed by atoms with van der Waals surface area (Å²) in [6.07, 6.45) is 0. The minimum atomic E-state index is -0.565. The van der Waals surface area contributed by atoms with E-state index in [4.69, 9.17) is 14.7 Å². The Bertz CT molecular complexity index is 3110. The largest absolute Gasteiger partial charge is 0.456 e. The molecular formula is C49H29N3O. The van der Waals surface area contributed by atoms with Crippen LogP contribution in [0.15, 0.2) is 176 Å². The number of rotatable bonds is 2. The van der Waals surface area contributed by atoms with Crippen LogP contribution in [0.3, 0.4) is 0 Å². The van der Waals surface area contributed by atoms with E-state index in [1.807, 2.05) is 12.1 Å². The highest BCUT2D eigenvalue weighted by Crippen LogP contribution is 2.63. The van der Waals surface area contributed by atoms with Crippen LogP contribution >= 0.6 is 0 Å². The van der Waals surface area contributed by atoms with Crippen LogP contribution in [0, 0.1) is 0 Å². The molecule has 0 fully saturated rings. The van der Waals surface area contributed by atoms with Crippen LogP contribution in [0.5, 0.6) is 11.5 Å². The summed E-state index contributed by atoms with van der Waals surface area (Å²) in [5.74, 6) is 2.37. The zero-order chi connectivity index (χ0) is 34.7. The summed E-state index contributed by atoms with van der Waals surface area (Å²) in [6, 6.07) is 62.7. The summed E-state index contributed by atoms with van der Waals surface area (Å²) in [6.45, 7) is 0. The molecule has 0 saturated heterocycles. The number of para-hydroxylation sites is 2. The first-order valence-electron chi connectivity index (χ1n) is 18.1. The van der Waals surface area contributed by atoms with E-state index in [-0.39, 0.29) is 0 Å². The zero-order valence-electron chi connectivity index (χ0n) is 28.5. The minimum Gasteiger partial charge on any atom is -0.456 e. The van der Waals surface area contributed by atoms with Crippen molar-refractivity contribution >= 4 is 43.5 Å². The Hall–Kier alpha value is -7.04. The Morgan fingerprint density at radius 2 is 1.08 bits per heavy atom. The molecule has 0 saturated carbocycles. The molecule has 12 rings (SSSR count). The third kappa shape index (κ3) is 3.69. The predicted octanol–water partition coefficient (Wildman–Crippen LogP) is 12.0. The van der Waals surface area contributed by atoms with E-state index in [0.29, 0.717) is 5.95 Å². The molecule has 3 heterocycles. The minimum absolute atomic E-state index is 0.565. The number of fused-ring (bicyclic) bond motifs is 16. The fourth-order valence-corrected chi connectivity index (χ4v) is 9.37. The van der Waals surface area contributed by atoms with Crippen LogP contribution in [0.4, 0.5) is 0 Å². The van der Waals surface area contributed by atoms with Crippen LogP contribution in [-0.2, 0) is 5.41 Å². The second kappa shape index (κ2) is 10.5. The third-order valence-corrected chi connectivity index (χ3v) is 11.5. The van der Waals surface area contributed by atoms with Gasteiger partial charge in [0.1, 0.15) is 11.5 Å². The number of nitrogens with zero attached hydrogens (tertiary/aromatic N) is 3. The first-order chi connectivity index (χ1) is 26.3. The van der Waals surface area contributed by atoms with E-state index in [1.54, 1.807) is 0 Å². The van der Waals surface area contributed by atoms with Crippen molar-refractivity contribution in [1.29, 1.82) is 0 Å². The molecule has 0 atom stereocenters. The van der Waals surface area contributed by atoms with Gasteiger partial charge in [0.2, 0.25) is 5.95 Å². The maximum atomic E-state index is 7.22. The molecular weight excluding hydrogens is 647 g/mol. The molecule has 1 spiro atoms. The maximum Gasteiger partial charge on any atom is 0.235 e. The second-order valence-electron chi connectivity index (χ2n) is 14.0. The van der Waals surface area contributed by atoms with Gasteiger partial charge in [-0.3, -0.25) is 4.57 Å². The Kier molecular flexibility index (Phi) is 5.67. The van der Waals surface area contributed by atoms with Gasteiger partial charge in [-0.15, -0.1) is 0 Å². The molecule has 0 radical (unpaired) electrons. The van der Waals surface area contributed by atoms with Crippen molar-refractivity contribution < 1.29 is 4.74 Å². The molecule has 246 valence electrons. The third-order valence-electron chi connectivity index (χ3n) is 11.5. The van der Waals surface area contributed by atoms with Gasteiger partial charge in [0.25, 0.3) is 0 Å². The normalized spacial score (nSPS) is 13.6. The average molecular weight is 676 g/mol. The van der Waals surface area contributed by atoms with Crippen molar-refractivity contribution in [2.75, 3.05) is 0 Å². The Labute approximate surface area is 305 Å². The van der Waals surface area contributed by atoms with Gasteiger partial charge in [0, 0.05) is 27.5 Å². The van der Waals surface area contributed by atoms with Gasteiger partial charge in [0.05, 0.1) is 33.0 Å². The summed E-state index contributed by atoms with van der Waals surface area (Å²) in [5, 5.41) is 5.54. The van der Waals surface area contributed by atoms with E-state index in [9.17, 15) is 0 Å². The first-order valence-corrected chi connectivity index (χ1v) is 18.1. The molecule has 53 heavy (non-hydrogen) atoms. The fourth-order valence-electron chi connectivity index (χ4n) is 9.37. The number of hydrogen-bond acceptors (Lipinski definition) is 3. The summed E-state index contributed by atoms with van der Waals surface area (Å²) < 4.78 is 9.46. The first kappa shape index (κ1) is 28.6. The van der Waals surface area contributed by atoms with E-state index in [0.717, 1.165) is 72.0 Å². The molecule has 0 unspecified atom stereocenters. The quantitative estimate of drug-likeness (QED) is 0.183. The SMILES string of the molecule is c1ccc(-c2nc(-n3c4ccc5c(c4c4c6ccccc6ccc43)Oc3ccccc3C53c4ccccc4-c4ccccc43)nc3ccccc23)cc1. The van der Waals surface area contributed by atoms with Crippen molar-refractivity contribution in [3.63, 3.8) is 0 Å². The number of aromatic nitrogens is 3. The molecule has 1 aliphatic heterocycles. The molecule has 0 amide bonds. The van der Waals surface area contributed by atoms with E-state index in [1.165, 1.54) is 27.6 Å². The number of hydrogen-bond donors (Lipinski definition) is 0. The summed E-state index contributed by atoms with van der Waals surface area (Å²) in [7, 11) is 0. The Morgan fingerprint density at radius 3 is 1.89 bits per heavy atom. The topological polar surface area (TPSA) is 39.9 Å². The van der Waals surface area contributed by atoms with E-state index in [2.05, 4.69) is 168 Å². The summed E-state index contributed by atoms with van der Waals surface area (Å²) in [5.41, 5.74) is 11.7. The van der Waals surface area contributed by atoms with Crippen molar-refractivity contribution in [3.8, 4) is 39.8 Å². The molecule has 10 aromatic rings. The van der Waals surface area contributed by atoms with Crippen LogP contribution in [0.25, 0.3) is 71.8 Å². The average Bonchev–Trinajstić information content (AvgIpc) is 3.73. The number of ether oxygens (including phenoxy) is 1. The van der Waals surface area contributed by atoms with Gasteiger partial charge < -0.3 is 4.74 Å². The van der Waals surface area contributed by atoms with Gasteiger partial charge in [-0.05, 0) is 57.3 Å². The second-order valence-corrected chi connectivity index (χ2v) is 14.0. The van der Waals surface area contributed by atoms with Crippen molar-refractivity contribution in [3.05, 3.63) is 198 Å². The maximum absolute atomic E-state index is 7.22. The van der Waals surface area contributed by atoms with Crippen LogP contribution in [-0.4, -0.2) is 14.5 Å². The lowest BCUT2D eigenvalue weighted by Gasteiger charge is -2.39.